The van der Waals surface area contributed by atoms with Gasteiger partial charge in [-0.05, 0) is 50.4 Å². The summed E-state index contributed by atoms with van der Waals surface area (Å²) < 4.78 is 41.3. The summed E-state index contributed by atoms with van der Waals surface area (Å²) in [6.07, 6.45) is -2.85. The van der Waals surface area contributed by atoms with Gasteiger partial charge in [-0.2, -0.15) is 13.2 Å². The number of benzene rings is 1. The average Bonchev–Trinajstić information content (AvgIpc) is 2.15. The second-order valence-electron chi connectivity index (χ2n) is 4.56. The highest BCUT2D eigenvalue weighted by atomic mass is 32.2. The molecule has 1 aromatic carbocycles. The van der Waals surface area contributed by atoms with Gasteiger partial charge in [-0.25, -0.2) is 4.40 Å². The smallest absolute Gasteiger partial charge is 0.223 e. The van der Waals surface area contributed by atoms with Crippen LogP contribution in [0.2, 0.25) is 0 Å². The Morgan fingerprint density at radius 3 is 2.35 bits per heavy atom. The van der Waals surface area contributed by atoms with E-state index in [1.54, 1.807) is 6.07 Å². The van der Waals surface area contributed by atoms with Crippen LogP contribution in [0.5, 0.6) is 0 Å². The first-order valence-electron chi connectivity index (χ1n) is 5.07. The topological polar surface area (TPSA) is 12.4 Å². The minimum absolute atomic E-state index is 0.0435. The third-order valence-corrected chi connectivity index (χ3v) is 2.50. The maximum absolute atomic E-state index is 12.4. The molecule has 0 bridgehead atoms. The molecule has 17 heavy (non-hydrogen) atoms. The molecule has 0 heterocycles. The molecule has 1 rings (SSSR count). The third kappa shape index (κ3) is 5.26. The van der Waals surface area contributed by atoms with Crippen molar-refractivity contribution in [2.75, 3.05) is 0 Å². The van der Waals surface area contributed by atoms with Gasteiger partial charge in [-0.3, -0.25) is 0 Å². The maximum atomic E-state index is 12.4. The van der Waals surface area contributed by atoms with E-state index >= 15 is 0 Å². The lowest BCUT2D eigenvalue weighted by molar-refractivity contribution is -0.137. The summed E-state index contributed by atoms with van der Waals surface area (Å²) in [5.41, 5.74) is -0.196. The Morgan fingerprint density at radius 2 is 1.82 bits per heavy atom. The predicted molar refractivity (Wildman–Crippen MR) is 66.4 cm³/mol. The van der Waals surface area contributed by atoms with Gasteiger partial charge in [0, 0.05) is 11.0 Å². The van der Waals surface area contributed by atoms with Gasteiger partial charge in [-0.1, -0.05) is 12.1 Å². The van der Waals surface area contributed by atoms with Crippen molar-refractivity contribution in [2.24, 2.45) is 4.40 Å². The minimum Gasteiger partial charge on any atom is -0.223 e. The van der Waals surface area contributed by atoms with Crippen LogP contribution in [0.3, 0.4) is 0 Å². The minimum atomic E-state index is -4.30. The summed E-state index contributed by atoms with van der Waals surface area (Å²) in [5, 5.41) is 0. The summed E-state index contributed by atoms with van der Waals surface area (Å²) in [6, 6.07) is 5.12. The van der Waals surface area contributed by atoms with Crippen LogP contribution in [0, 0.1) is 0 Å². The lowest BCUT2D eigenvalue weighted by atomic mass is 10.1. The SMILES string of the molecule is CC(C)(C)SN=Cc1cccc(C(F)(F)F)c1. The Balaban J connectivity index is 2.80. The summed E-state index contributed by atoms with van der Waals surface area (Å²) in [6.45, 7) is 5.96. The van der Waals surface area contributed by atoms with Crippen LogP contribution in [0.15, 0.2) is 28.7 Å². The molecule has 0 radical (unpaired) electrons. The highest BCUT2D eigenvalue weighted by molar-refractivity contribution is 7.99. The normalized spacial score (nSPS) is 13.3. The van der Waals surface area contributed by atoms with Crippen LogP contribution in [-0.2, 0) is 6.18 Å². The zero-order valence-corrected chi connectivity index (χ0v) is 10.7. The summed E-state index contributed by atoms with van der Waals surface area (Å²) >= 11 is 1.33. The van der Waals surface area contributed by atoms with Crippen molar-refractivity contribution < 1.29 is 13.2 Å². The van der Waals surface area contributed by atoms with Crippen LogP contribution in [0.4, 0.5) is 13.2 Å². The number of hydrogen-bond acceptors (Lipinski definition) is 2. The number of rotatable bonds is 2. The van der Waals surface area contributed by atoms with E-state index in [2.05, 4.69) is 4.40 Å². The van der Waals surface area contributed by atoms with Crippen molar-refractivity contribution in [2.45, 2.75) is 31.7 Å². The Morgan fingerprint density at radius 1 is 1.18 bits per heavy atom. The standard InChI is InChI=1S/C12H14F3NS/c1-11(2,3)17-16-8-9-5-4-6-10(7-9)12(13,14)15/h4-8H,1-3H3. The van der Waals surface area contributed by atoms with E-state index < -0.39 is 11.7 Å². The van der Waals surface area contributed by atoms with E-state index in [0.29, 0.717) is 5.56 Å². The third-order valence-electron chi connectivity index (χ3n) is 1.74. The van der Waals surface area contributed by atoms with Crippen molar-refractivity contribution in [3.05, 3.63) is 35.4 Å². The molecule has 0 atom stereocenters. The molecule has 94 valence electrons. The first kappa shape index (κ1) is 14.1. The van der Waals surface area contributed by atoms with Crippen LogP contribution >= 0.6 is 11.9 Å². The molecule has 0 aromatic heterocycles. The van der Waals surface area contributed by atoms with Gasteiger partial charge >= 0.3 is 6.18 Å². The fourth-order valence-electron chi connectivity index (χ4n) is 1.04. The van der Waals surface area contributed by atoms with E-state index in [1.807, 2.05) is 20.8 Å². The Bertz CT molecular complexity index is 405. The van der Waals surface area contributed by atoms with Crippen LogP contribution in [0.1, 0.15) is 31.9 Å². The molecule has 0 unspecified atom stereocenters. The fraction of sp³-hybridized carbons (Fsp3) is 0.417. The van der Waals surface area contributed by atoms with Gasteiger partial charge in [0.2, 0.25) is 0 Å². The second-order valence-corrected chi connectivity index (χ2v) is 6.18. The fourth-order valence-corrected chi connectivity index (χ4v) is 1.53. The molecule has 5 heteroatoms. The number of hydrogen-bond donors (Lipinski definition) is 0. The molecule has 0 fully saturated rings. The molecule has 0 amide bonds. The molecule has 0 saturated heterocycles. The predicted octanol–water partition coefficient (Wildman–Crippen LogP) is 4.57. The monoisotopic (exact) mass is 261 g/mol. The number of nitrogens with zero attached hydrogens (tertiary/aromatic N) is 1. The highest BCUT2D eigenvalue weighted by Gasteiger charge is 2.30. The van der Waals surface area contributed by atoms with Gasteiger partial charge < -0.3 is 0 Å². The first-order valence-corrected chi connectivity index (χ1v) is 5.85. The Hall–Kier alpha value is -0.970. The molecular weight excluding hydrogens is 247 g/mol. The first-order chi connectivity index (χ1) is 7.68. The molecule has 1 aromatic rings. The van der Waals surface area contributed by atoms with Gasteiger partial charge in [0.15, 0.2) is 0 Å². The van der Waals surface area contributed by atoms with Crippen molar-refractivity contribution in [3.63, 3.8) is 0 Å². The van der Waals surface area contributed by atoms with E-state index in [4.69, 9.17) is 0 Å². The Labute approximate surface area is 103 Å². The van der Waals surface area contributed by atoms with Crippen molar-refractivity contribution >= 4 is 18.2 Å². The van der Waals surface area contributed by atoms with E-state index in [9.17, 15) is 13.2 Å². The zero-order chi connectivity index (χ0) is 13.1. The van der Waals surface area contributed by atoms with Crippen molar-refractivity contribution in [1.82, 2.24) is 0 Å². The van der Waals surface area contributed by atoms with Crippen LogP contribution in [-0.4, -0.2) is 11.0 Å². The maximum Gasteiger partial charge on any atom is 0.416 e. The van der Waals surface area contributed by atoms with Gasteiger partial charge in [0.25, 0.3) is 0 Å². The molecule has 0 aliphatic carbocycles. The highest BCUT2D eigenvalue weighted by Crippen LogP contribution is 2.29. The molecule has 0 saturated carbocycles. The molecule has 1 nitrogen and oxygen atoms in total. The number of halogens is 3. The second kappa shape index (κ2) is 5.12. The summed E-state index contributed by atoms with van der Waals surface area (Å²) in [7, 11) is 0. The lowest BCUT2D eigenvalue weighted by Gasteiger charge is -2.12. The van der Waals surface area contributed by atoms with Crippen LogP contribution in [0.25, 0.3) is 0 Å². The molecule has 0 spiro atoms. The van der Waals surface area contributed by atoms with Crippen molar-refractivity contribution in [3.8, 4) is 0 Å². The molecule has 0 aliphatic heterocycles. The van der Waals surface area contributed by atoms with Gasteiger partial charge in [-0.15, -0.1) is 0 Å². The van der Waals surface area contributed by atoms with E-state index in [1.165, 1.54) is 24.2 Å². The number of alkyl halides is 3. The lowest BCUT2D eigenvalue weighted by Crippen LogP contribution is -2.06. The largest absolute Gasteiger partial charge is 0.416 e. The zero-order valence-electron chi connectivity index (χ0n) is 9.88. The Kier molecular flexibility index (Phi) is 4.25. The average molecular weight is 261 g/mol. The quantitative estimate of drug-likeness (QED) is 0.561. The van der Waals surface area contributed by atoms with Crippen LogP contribution < -0.4 is 0 Å². The van der Waals surface area contributed by atoms with Gasteiger partial charge in [0.05, 0.1) is 5.56 Å². The van der Waals surface area contributed by atoms with E-state index in [0.717, 1.165) is 12.1 Å². The summed E-state index contributed by atoms with van der Waals surface area (Å²) in [4.78, 5) is 0. The van der Waals surface area contributed by atoms with E-state index in [-0.39, 0.29) is 4.75 Å². The molecule has 0 aliphatic rings. The van der Waals surface area contributed by atoms with Gasteiger partial charge in [0.1, 0.15) is 0 Å². The van der Waals surface area contributed by atoms with Crippen molar-refractivity contribution in [1.29, 1.82) is 0 Å². The molecule has 0 N–H and O–H groups in total. The molecular formula is C12H14F3NS. The summed E-state index contributed by atoms with van der Waals surface area (Å²) in [5.74, 6) is 0.